The number of aryl methyl sites for hydroxylation is 1. The van der Waals surface area contributed by atoms with Gasteiger partial charge in [0.25, 0.3) is 0 Å². The van der Waals surface area contributed by atoms with Gasteiger partial charge in [0.1, 0.15) is 5.75 Å². The van der Waals surface area contributed by atoms with Crippen molar-refractivity contribution in [2.24, 2.45) is 11.0 Å². The van der Waals surface area contributed by atoms with Gasteiger partial charge < -0.3 is 9.47 Å². The van der Waals surface area contributed by atoms with Crippen molar-refractivity contribution in [1.29, 1.82) is 0 Å². The van der Waals surface area contributed by atoms with Crippen LogP contribution in [-0.2, 0) is 20.7 Å². The van der Waals surface area contributed by atoms with Gasteiger partial charge in [-0.3, -0.25) is 10.2 Å². The van der Waals surface area contributed by atoms with E-state index in [1.165, 1.54) is 0 Å². The first-order valence-corrected chi connectivity index (χ1v) is 9.41. The van der Waals surface area contributed by atoms with Crippen LogP contribution in [0.25, 0.3) is 0 Å². The molecule has 3 rings (SSSR count). The van der Waals surface area contributed by atoms with Crippen LogP contribution in [-0.4, -0.2) is 31.2 Å². The van der Waals surface area contributed by atoms with Gasteiger partial charge in [0.15, 0.2) is 0 Å². The molecule has 0 spiro atoms. The number of ketones is 1. The zero-order chi connectivity index (χ0) is 19.9. The highest BCUT2D eigenvalue weighted by Gasteiger charge is 2.34. The second-order valence-corrected chi connectivity index (χ2v) is 6.52. The molecule has 0 aliphatic heterocycles. The molecule has 0 radical (unpaired) electrons. The van der Waals surface area contributed by atoms with Crippen LogP contribution in [0.5, 0.6) is 5.75 Å². The van der Waals surface area contributed by atoms with Gasteiger partial charge in [0.2, 0.25) is 5.78 Å². The Hall–Kier alpha value is -3.15. The minimum Gasteiger partial charge on any atom is -0.497 e. The van der Waals surface area contributed by atoms with Crippen molar-refractivity contribution in [3.8, 4) is 5.75 Å². The quantitative estimate of drug-likeness (QED) is 0.359. The van der Waals surface area contributed by atoms with Gasteiger partial charge in [-0.25, -0.2) is 4.79 Å². The lowest BCUT2D eigenvalue weighted by Gasteiger charge is -2.16. The molecule has 1 aliphatic rings. The summed E-state index contributed by atoms with van der Waals surface area (Å²) in [4.78, 5) is 24.9. The van der Waals surface area contributed by atoms with E-state index in [-0.39, 0.29) is 6.61 Å². The van der Waals surface area contributed by atoms with E-state index < -0.39 is 17.7 Å². The number of methoxy groups -OCH3 is 1. The van der Waals surface area contributed by atoms with Gasteiger partial charge >= 0.3 is 5.97 Å². The first-order valence-electron chi connectivity index (χ1n) is 9.41. The number of hydrogen-bond donors (Lipinski definition) is 1. The lowest BCUT2D eigenvalue weighted by atomic mass is 9.90. The molecule has 1 atom stereocenters. The summed E-state index contributed by atoms with van der Waals surface area (Å²) >= 11 is 0. The van der Waals surface area contributed by atoms with Crippen LogP contribution in [0, 0.1) is 5.92 Å². The van der Waals surface area contributed by atoms with E-state index in [0.717, 1.165) is 35.4 Å². The second-order valence-electron chi connectivity index (χ2n) is 6.52. The fourth-order valence-corrected chi connectivity index (χ4v) is 3.34. The smallest absolute Gasteiger partial charge is 0.375 e. The maximum atomic E-state index is 12.8. The Morgan fingerprint density at radius 1 is 1.14 bits per heavy atom. The molecule has 0 saturated carbocycles. The minimum absolute atomic E-state index is 0.171. The van der Waals surface area contributed by atoms with Gasteiger partial charge in [-0.15, -0.1) is 0 Å². The molecule has 2 aromatic rings. The predicted octanol–water partition coefficient (Wildman–Crippen LogP) is 3.60. The van der Waals surface area contributed by atoms with Gasteiger partial charge in [-0.2, -0.15) is 5.10 Å². The van der Waals surface area contributed by atoms with Crippen LogP contribution in [0.15, 0.2) is 53.6 Å². The second kappa shape index (κ2) is 9.17. The van der Waals surface area contributed by atoms with Gasteiger partial charge in [0.05, 0.1) is 31.0 Å². The number of benzene rings is 2. The molecule has 0 bridgehead atoms. The van der Waals surface area contributed by atoms with Crippen LogP contribution in [0.2, 0.25) is 0 Å². The first kappa shape index (κ1) is 19.6. The zero-order valence-corrected chi connectivity index (χ0v) is 16.1. The van der Waals surface area contributed by atoms with E-state index in [1.807, 2.05) is 48.5 Å². The number of nitrogens with one attached hydrogen (secondary N) is 1. The van der Waals surface area contributed by atoms with Gasteiger partial charge in [-0.05, 0) is 56.0 Å². The molecule has 1 aliphatic carbocycles. The van der Waals surface area contributed by atoms with Crippen molar-refractivity contribution in [2.75, 3.05) is 19.1 Å². The molecule has 1 unspecified atom stereocenters. The standard InChI is InChI=1S/C22H24N2O4/c1-3-28-22(26)21(25)19-10-6-8-15-7-4-5-9-18(15)20(19)24-23-16-11-13-17(27-2)14-12-16/h4-5,7,9,11-14,19,23H,3,6,8,10H2,1-2H3/b24-20-. The molecule has 6 heteroatoms. The summed E-state index contributed by atoms with van der Waals surface area (Å²) in [6.07, 6.45) is 2.19. The number of hydrazone groups is 1. The van der Waals surface area contributed by atoms with E-state index in [2.05, 4.69) is 10.5 Å². The van der Waals surface area contributed by atoms with Crippen molar-refractivity contribution in [3.05, 3.63) is 59.7 Å². The third kappa shape index (κ3) is 4.39. The molecule has 6 nitrogen and oxygen atoms in total. The Kier molecular flexibility index (Phi) is 6.42. The zero-order valence-electron chi connectivity index (χ0n) is 16.1. The van der Waals surface area contributed by atoms with Crippen molar-refractivity contribution in [1.82, 2.24) is 0 Å². The van der Waals surface area contributed by atoms with E-state index in [9.17, 15) is 9.59 Å². The number of hydrogen-bond acceptors (Lipinski definition) is 6. The molecule has 28 heavy (non-hydrogen) atoms. The lowest BCUT2D eigenvalue weighted by molar-refractivity contribution is -0.154. The molecule has 1 N–H and O–H groups in total. The average Bonchev–Trinajstić information content (AvgIpc) is 2.91. The summed E-state index contributed by atoms with van der Waals surface area (Å²) in [6.45, 7) is 1.86. The molecule has 0 fully saturated rings. The molecule has 0 aromatic heterocycles. The SMILES string of the molecule is CCOC(=O)C(=O)C1CCCc2ccccc2/C1=N/Nc1ccc(OC)cc1. The summed E-state index contributed by atoms with van der Waals surface area (Å²) in [7, 11) is 1.61. The molecular formula is C22H24N2O4. The Labute approximate surface area is 164 Å². The Morgan fingerprint density at radius 2 is 1.89 bits per heavy atom. The molecule has 2 aromatic carbocycles. The monoisotopic (exact) mass is 380 g/mol. The van der Waals surface area contributed by atoms with Crippen molar-refractivity contribution >= 4 is 23.2 Å². The number of fused-ring (bicyclic) bond motifs is 1. The summed E-state index contributed by atoms with van der Waals surface area (Å²) < 4.78 is 10.1. The summed E-state index contributed by atoms with van der Waals surface area (Å²) in [5.41, 5.74) is 6.37. The number of carbonyl (C=O) groups excluding carboxylic acids is 2. The third-order valence-corrected chi connectivity index (χ3v) is 4.75. The van der Waals surface area contributed by atoms with Gasteiger partial charge in [-0.1, -0.05) is 24.3 Å². The normalized spacial score (nSPS) is 17.4. The molecule has 0 heterocycles. The highest BCUT2D eigenvalue weighted by molar-refractivity contribution is 6.40. The molecule has 0 amide bonds. The van der Waals surface area contributed by atoms with Crippen molar-refractivity contribution in [3.63, 3.8) is 0 Å². The van der Waals surface area contributed by atoms with E-state index in [0.29, 0.717) is 12.1 Å². The van der Waals surface area contributed by atoms with Crippen LogP contribution < -0.4 is 10.2 Å². The predicted molar refractivity (Wildman–Crippen MR) is 108 cm³/mol. The highest BCUT2D eigenvalue weighted by atomic mass is 16.5. The summed E-state index contributed by atoms with van der Waals surface area (Å²) in [5.74, 6) is -1.24. The van der Waals surface area contributed by atoms with E-state index in [1.54, 1.807) is 14.0 Å². The fourth-order valence-electron chi connectivity index (χ4n) is 3.34. The van der Waals surface area contributed by atoms with E-state index in [4.69, 9.17) is 9.47 Å². The largest absolute Gasteiger partial charge is 0.497 e. The number of ether oxygens (including phenoxy) is 2. The number of nitrogens with zero attached hydrogens (tertiary/aromatic N) is 1. The third-order valence-electron chi connectivity index (χ3n) is 4.75. The maximum absolute atomic E-state index is 12.8. The Balaban J connectivity index is 1.96. The number of Topliss-reactive ketones (excluding diaryl/α,β-unsaturated/α-hetero) is 1. The van der Waals surface area contributed by atoms with Gasteiger partial charge in [0, 0.05) is 5.56 Å². The van der Waals surface area contributed by atoms with Crippen LogP contribution in [0.1, 0.15) is 30.9 Å². The number of anilines is 1. The Morgan fingerprint density at radius 3 is 2.61 bits per heavy atom. The fraction of sp³-hybridized carbons (Fsp3) is 0.318. The summed E-state index contributed by atoms with van der Waals surface area (Å²) in [6, 6.07) is 15.2. The maximum Gasteiger partial charge on any atom is 0.375 e. The number of carbonyl (C=O) groups is 2. The number of esters is 1. The van der Waals surface area contributed by atoms with Crippen molar-refractivity contribution < 1.29 is 19.1 Å². The molecule has 0 saturated heterocycles. The van der Waals surface area contributed by atoms with Crippen LogP contribution in [0.3, 0.4) is 0 Å². The summed E-state index contributed by atoms with van der Waals surface area (Å²) in [5, 5.41) is 4.55. The lowest BCUT2D eigenvalue weighted by Crippen LogP contribution is -2.32. The van der Waals surface area contributed by atoms with Crippen molar-refractivity contribution in [2.45, 2.75) is 26.2 Å². The van der Waals surface area contributed by atoms with E-state index >= 15 is 0 Å². The average molecular weight is 380 g/mol. The Bertz CT molecular complexity index is 874. The topological polar surface area (TPSA) is 77.0 Å². The molecular weight excluding hydrogens is 356 g/mol. The molecule has 146 valence electrons. The minimum atomic E-state index is -0.802. The van der Waals surface area contributed by atoms with Crippen LogP contribution >= 0.6 is 0 Å². The highest BCUT2D eigenvalue weighted by Crippen LogP contribution is 2.27. The number of rotatable bonds is 6. The van der Waals surface area contributed by atoms with Crippen LogP contribution in [0.4, 0.5) is 5.69 Å². The first-order chi connectivity index (χ1) is 13.6.